The molecule has 5 nitrogen and oxygen atoms in total. The number of nitrogens with zero attached hydrogens (tertiary/aromatic N) is 2. The van der Waals surface area contributed by atoms with E-state index >= 15 is 0 Å². The van der Waals surface area contributed by atoms with Crippen LogP contribution in [0.4, 0.5) is 0 Å². The van der Waals surface area contributed by atoms with Gasteiger partial charge >= 0.3 is 0 Å². The molecule has 3 rings (SSSR count). The Morgan fingerprint density at radius 2 is 1.75 bits per heavy atom. The Morgan fingerprint density at radius 1 is 1.12 bits per heavy atom. The third kappa shape index (κ3) is 1.40. The molecule has 0 radical (unpaired) electrons. The second-order valence-electron chi connectivity index (χ2n) is 4.57. The molecular weight excluding hydrogens is 208 g/mol. The van der Waals surface area contributed by atoms with Crippen LogP contribution in [0.15, 0.2) is 22.8 Å². The van der Waals surface area contributed by atoms with Gasteiger partial charge in [-0.25, -0.2) is 0 Å². The summed E-state index contributed by atoms with van der Waals surface area (Å²) in [6.07, 6.45) is 5.07. The van der Waals surface area contributed by atoms with Crippen molar-refractivity contribution < 1.29 is 14.8 Å². The summed E-state index contributed by atoms with van der Waals surface area (Å²) in [7, 11) is 0. The molecule has 2 atom stereocenters. The van der Waals surface area contributed by atoms with Crippen molar-refractivity contribution in [2.24, 2.45) is 0 Å². The van der Waals surface area contributed by atoms with Crippen molar-refractivity contribution in [2.45, 2.75) is 43.9 Å². The smallest absolute Gasteiger partial charge is 0.168 e. The predicted molar refractivity (Wildman–Crippen MR) is 54.7 cm³/mol. The summed E-state index contributed by atoms with van der Waals surface area (Å²) in [4.78, 5) is 0. The van der Waals surface area contributed by atoms with Gasteiger partial charge in [0, 0.05) is 0 Å². The fourth-order valence-corrected chi connectivity index (χ4v) is 2.89. The molecule has 1 aromatic heterocycles. The summed E-state index contributed by atoms with van der Waals surface area (Å²) in [5, 5.41) is 22.7. The van der Waals surface area contributed by atoms with Crippen LogP contribution in [0.3, 0.4) is 0 Å². The molecule has 2 unspecified atom stereocenters. The second kappa shape index (κ2) is 3.85. The summed E-state index contributed by atoms with van der Waals surface area (Å²) < 4.78 is 5.26. The van der Waals surface area contributed by atoms with E-state index in [0.29, 0.717) is 5.76 Å². The van der Waals surface area contributed by atoms with Gasteiger partial charge in [0.25, 0.3) is 0 Å². The minimum atomic E-state index is -0.553. The highest BCUT2D eigenvalue weighted by atomic mass is 16.6. The molecule has 1 aliphatic heterocycles. The Kier molecular flexibility index (Phi) is 2.48. The lowest BCUT2D eigenvalue weighted by atomic mass is 9.91. The minimum absolute atomic E-state index is 0.0221. The van der Waals surface area contributed by atoms with Crippen LogP contribution in [0.5, 0.6) is 0 Å². The van der Waals surface area contributed by atoms with Gasteiger partial charge in [-0.05, 0) is 25.0 Å². The average molecular weight is 224 g/mol. The first-order chi connectivity index (χ1) is 7.79. The second-order valence-corrected chi connectivity index (χ2v) is 4.57. The third-order valence-corrected chi connectivity index (χ3v) is 3.67. The van der Waals surface area contributed by atoms with Gasteiger partial charge in [0.2, 0.25) is 0 Å². The first kappa shape index (κ1) is 10.3. The van der Waals surface area contributed by atoms with Gasteiger partial charge in [-0.1, -0.05) is 12.8 Å². The highest BCUT2D eigenvalue weighted by Gasteiger charge is 2.49. The van der Waals surface area contributed by atoms with Gasteiger partial charge in [-0.3, -0.25) is 0 Å². The van der Waals surface area contributed by atoms with E-state index in [1.54, 1.807) is 18.4 Å². The number of fused-ring (bicyclic) bond motifs is 1. The van der Waals surface area contributed by atoms with Gasteiger partial charge in [-0.15, -0.1) is 0 Å². The van der Waals surface area contributed by atoms with E-state index < -0.39 is 6.17 Å². The standard InChI is InChI=1S/C11H16N2O3/c14-12-8-4-1-2-5-9(8)13(15)11(12)10-6-3-7-16-10/h3,6-9,11,14-15H,1-2,4-5H2. The molecular formula is C11H16N2O3. The van der Waals surface area contributed by atoms with Gasteiger partial charge < -0.3 is 14.8 Å². The van der Waals surface area contributed by atoms with Crippen molar-refractivity contribution in [3.05, 3.63) is 24.2 Å². The van der Waals surface area contributed by atoms with Gasteiger partial charge in [0.15, 0.2) is 6.17 Å². The van der Waals surface area contributed by atoms with Crippen molar-refractivity contribution in [3.63, 3.8) is 0 Å². The van der Waals surface area contributed by atoms with Crippen LogP contribution in [-0.4, -0.2) is 32.6 Å². The van der Waals surface area contributed by atoms with Crippen LogP contribution in [-0.2, 0) is 0 Å². The zero-order valence-electron chi connectivity index (χ0n) is 8.99. The van der Waals surface area contributed by atoms with E-state index in [4.69, 9.17) is 4.42 Å². The molecule has 0 aromatic carbocycles. The minimum Gasteiger partial charge on any atom is -0.466 e. The molecule has 2 aliphatic rings. The van der Waals surface area contributed by atoms with Crippen LogP contribution >= 0.6 is 0 Å². The molecule has 0 bridgehead atoms. The molecule has 1 aliphatic carbocycles. The Hall–Kier alpha value is -0.880. The van der Waals surface area contributed by atoms with E-state index in [0.717, 1.165) is 25.7 Å². The molecule has 2 fully saturated rings. The molecule has 1 saturated heterocycles. The molecule has 1 aromatic rings. The molecule has 16 heavy (non-hydrogen) atoms. The van der Waals surface area contributed by atoms with Gasteiger partial charge in [-0.2, -0.15) is 10.1 Å². The summed E-state index contributed by atoms with van der Waals surface area (Å²) in [6.45, 7) is 0. The lowest BCUT2D eigenvalue weighted by Crippen LogP contribution is -2.37. The Balaban J connectivity index is 1.90. The maximum absolute atomic E-state index is 10.1. The predicted octanol–water partition coefficient (Wildman–Crippen LogP) is 1.99. The molecule has 0 spiro atoms. The van der Waals surface area contributed by atoms with Crippen LogP contribution in [0, 0.1) is 0 Å². The summed E-state index contributed by atoms with van der Waals surface area (Å²) in [5.41, 5.74) is 0. The van der Waals surface area contributed by atoms with E-state index in [-0.39, 0.29) is 12.1 Å². The highest BCUT2D eigenvalue weighted by Crippen LogP contribution is 2.40. The SMILES string of the molecule is ON1C2CCCCC2N(O)C1c1ccco1. The zero-order chi connectivity index (χ0) is 11.1. The molecule has 5 heteroatoms. The Bertz CT molecular complexity index is 336. The van der Waals surface area contributed by atoms with Crippen molar-refractivity contribution in [1.82, 2.24) is 10.1 Å². The normalized spacial score (nSPS) is 36.5. The Morgan fingerprint density at radius 3 is 2.25 bits per heavy atom. The lowest BCUT2D eigenvalue weighted by molar-refractivity contribution is -0.216. The summed E-state index contributed by atoms with van der Waals surface area (Å²) in [6, 6.07) is 3.58. The van der Waals surface area contributed by atoms with Crippen molar-refractivity contribution in [1.29, 1.82) is 0 Å². The lowest BCUT2D eigenvalue weighted by Gasteiger charge is -2.27. The topological polar surface area (TPSA) is 60.1 Å². The van der Waals surface area contributed by atoms with E-state index in [1.807, 2.05) is 0 Å². The monoisotopic (exact) mass is 224 g/mol. The Labute approximate surface area is 93.8 Å². The molecule has 2 heterocycles. The number of hydroxylamine groups is 4. The number of rotatable bonds is 1. The average Bonchev–Trinajstić information content (AvgIpc) is 2.89. The maximum Gasteiger partial charge on any atom is 0.168 e. The quantitative estimate of drug-likeness (QED) is 0.763. The first-order valence-corrected chi connectivity index (χ1v) is 5.77. The van der Waals surface area contributed by atoms with Crippen LogP contribution in [0.1, 0.15) is 37.6 Å². The molecule has 1 saturated carbocycles. The van der Waals surface area contributed by atoms with E-state index in [1.165, 1.54) is 10.1 Å². The van der Waals surface area contributed by atoms with Crippen molar-refractivity contribution >= 4 is 0 Å². The summed E-state index contributed by atoms with van der Waals surface area (Å²) >= 11 is 0. The largest absolute Gasteiger partial charge is 0.466 e. The number of furan rings is 1. The molecule has 0 amide bonds. The highest BCUT2D eigenvalue weighted by molar-refractivity contribution is 5.08. The number of hydrogen-bond acceptors (Lipinski definition) is 5. The molecule has 2 N–H and O–H groups in total. The number of hydrogen-bond donors (Lipinski definition) is 2. The van der Waals surface area contributed by atoms with Crippen molar-refractivity contribution in [3.8, 4) is 0 Å². The van der Waals surface area contributed by atoms with E-state index in [9.17, 15) is 10.4 Å². The maximum atomic E-state index is 10.1. The third-order valence-electron chi connectivity index (χ3n) is 3.67. The zero-order valence-corrected chi connectivity index (χ0v) is 8.99. The van der Waals surface area contributed by atoms with E-state index in [2.05, 4.69) is 0 Å². The summed E-state index contributed by atoms with van der Waals surface area (Å²) in [5.74, 6) is 0.583. The fourth-order valence-electron chi connectivity index (χ4n) is 2.89. The first-order valence-electron chi connectivity index (χ1n) is 5.77. The van der Waals surface area contributed by atoms with Crippen LogP contribution < -0.4 is 0 Å². The van der Waals surface area contributed by atoms with Gasteiger partial charge in [0.05, 0.1) is 18.3 Å². The van der Waals surface area contributed by atoms with Crippen LogP contribution in [0.25, 0.3) is 0 Å². The fraction of sp³-hybridized carbons (Fsp3) is 0.636. The van der Waals surface area contributed by atoms with Gasteiger partial charge in [0.1, 0.15) is 5.76 Å². The molecule has 88 valence electrons. The van der Waals surface area contributed by atoms with Crippen molar-refractivity contribution in [2.75, 3.05) is 0 Å². The van der Waals surface area contributed by atoms with Crippen LogP contribution in [0.2, 0.25) is 0 Å².